The van der Waals surface area contributed by atoms with E-state index in [1.807, 2.05) is 6.07 Å². The monoisotopic (exact) mass is 285 g/mol. The molecule has 2 rings (SSSR count). The normalized spacial score (nSPS) is 22.3. The van der Waals surface area contributed by atoms with Crippen molar-refractivity contribution < 1.29 is 4.39 Å². The molecule has 1 aromatic carbocycles. The molecule has 1 aliphatic heterocycles. The highest BCUT2D eigenvalue weighted by Crippen LogP contribution is 2.28. The number of alkyl halides is 1. The van der Waals surface area contributed by atoms with Gasteiger partial charge in [-0.3, -0.25) is 0 Å². The molecular formula is C13H17BrFN. The van der Waals surface area contributed by atoms with Gasteiger partial charge in [-0.05, 0) is 56.0 Å². The summed E-state index contributed by atoms with van der Waals surface area (Å²) in [6, 6.07) is 6.00. The summed E-state index contributed by atoms with van der Waals surface area (Å²) in [6.45, 7) is 3.81. The lowest BCUT2D eigenvalue weighted by molar-refractivity contribution is 0.373. The molecule has 0 aromatic heterocycles. The van der Waals surface area contributed by atoms with Gasteiger partial charge in [-0.1, -0.05) is 28.1 Å². The standard InChI is InChI=1S/C13H17BrFN/c1-9(15)12-3-2-10(7-13(12)14)6-11-4-5-16-8-11/h2-3,7,9,11,16H,4-6,8H2,1H3. The maximum Gasteiger partial charge on any atom is 0.123 e. The van der Waals surface area contributed by atoms with Crippen LogP contribution in [-0.4, -0.2) is 13.1 Å². The van der Waals surface area contributed by atoms with Crippen molar-refractivity contribution in [1.29, 1.82) is 0 Å². The molecule has 1 nitrogen and oxygen atoms in total. The van der Waals surface area contributed by atoms with Crippen LogP contribution in [0.4, 0.5) is 4.39 Å². The van der Waals surface area contributed by atoms with E-state index in [4.69, 9.17) is 0 Å². The second-order valence-corrected chi connectivity index (χ2v) is 5.39. The minimum absolute atomic E-state index is 0.737. The van der Waals surface area contributed by atoms with Crippen LogP contribution >= 0.6 is 15.9 Å². The fraction of sp³-hybridized carbons (Fsp3) is 0.538. The molecule has 0 spiro atoms. The van der Waals surface area contributed by atoms with Crippen LogP contribution in [-0.2, 0) is 6.42 Å². The number of halogens is 2. The third-order valence-corrected chi connectivity index (χ3v) is 3.87. The lowest BCUT2D eigenvalue weighted by atomic mass is 9.97. The molecule has 1 fully saturated rings. The van der Waals surface area contributed by atoms with Gasteiger partial charge in [-0.25, -0.2) is 4.39 Å². The zero-order chi connectivity index (χ0) is 11.5. The minimum atomic E-state index is -0.906. The van der Waals surface area contributed by atoms with Crippen LogP contribution < -0.4 is 5.32 Å². The van der Waals surface area contributed by atoms with Gasteiger partial charge in [-0.2, -0.15) is 0 Å². The summed E-state index contributed by atoms with van der Waals surface area (Å²) in [5, 5.41) is 3.37. The van der Waals surface area contributed by atoms with Crippen molar-refractivity contribution in [3.63, 3.8) is 0 Å². The Balaban J connectivity index is 2.08. The highest BCUT2D eigenvalue weighted by Gasteiger charge is 2.15. The number of hydrogen-bond donors (Lipinski definition) is 1. The summed E-state index contributed by atoms with van der Waals surface area (Å²) in [6.07, 6.45) is 1.43. The molecule has 0 amide bonds. The lowest BCUT2D eigenvalue weighted by Crippen LogP contribution is -2.10. The van der Waals surface area contributed by atoms with Gasteiger partial charge in [0.15, 0.2) is 0 Å². The van der Waals surface area contributed by atoms with Crippen LogP contribution in [0.2, 0.25) is 0 Å². The van der Waals surface area contributed by atoms with Crippen molar-refractivity contribution in [3.8, 4) is 0 Å². The smallest absolute Gasteiger partial charge is 0.123 e. The van der Waals surface area contributed by atoms with E-state index in [1.54, 1.807) is 6.92 Å². The van der Waals surface area contributed by atoms with Crippen molar-refractivity contribution >= 4 is 15.9 Å². The zero-order valence-electron chi connectivity index (χ0n) is 9.47. The number of rotatable bonds is 3. The number of hydrogen-bond acceptors (Lipinski definition) is 1. The Hall–Kier alpha value is -0.410. The molecule has 16 heavy (non-hydrogen) atoms. The SMILES string of the molecule is CC(F)c1ccc(CC2CCNC2)cc1Br. The Morgan fingerprint density at radius 2 is 2.38 bits per heavy atom. The topological polar surface area (TPSA) is 12.0 Å². The third kappa shape index (κ3) is 2.83. The van der Waals surface area contributed by atoms with Gasteiger partial charge in [0.2, 0.25) is 0 Å². The van der Waals surface area contributed by atoms with Crippen LogP contribution in [0.15, 0.2) is 22.7 Å². The van der Waals surface area contributed by atoms with E-state index in [0.717, 1.165) is 35.5 Å². The van der Waals surface area contributed by atoms with Gasteiger partial charge in [0.25, 0.3) is 0 Å². The highest BCUT2D eigenvalue weighted by atomic mass is 79.9. The minimum Gasteiger partial charge on any atom is -0.316 e. The maximum atomic E-state index is 13.2. The molecule has 3 heteroatoms. The molecule has 1 heterocycles. The quantitative estimate of drug-likeness (QED) is 0.894. The molecular weight excluding hydrogens is 269 g/mol. The second kappa shape index (κ2) is 5.28. The van der Waals surface area contributed by atoms with E-state index in [9.17, 15) is 4.39 Å². The maximum absolute atomic E-state index is 13.2. The van der Waals surface area contributed by atoms with Gasteiger partial charge in [0, 0.05) is 4.47 Å². The largest absolute Gasteiger partial charge is 0.316 e. The van der Waals surface area contributed by atoms with Gasteiger partial charge in [0.1, 0.15) is 6.17 Å². The second-order valence-electron chi connectivity index (χ2n) is 4.53. The highest BCUT2D eigenvalue weighted by molar-refractivity contribution is 9.10. The predicted molar refractivity (Wildman–Crippen MR) is 68.3 cm³/mol. The van der Waals surface area contributed by atoms with E-state index >= 15 is 0 Å². The summed E-state index contributed by atoms with van der Waals surface area (Å²) in [5.41, 5.74) is 2.04. The van der Waals surface area contributed by atoms with E-state index in [1.165, 1.54) is 12.0 Å². The van der Waals surface area contributed by atoms with E-state index in [0.29, 0.717) is 0 Å². The van der Waals surface area contributed by atoms with Crippen molar-refractivity contribution in [2.75, 3.05) is 13.1 Å². The lowest BCUT2D eigenvalue weighted by Gasteiger charge is -2.11. The molecule has 0 aliphatic carbocycles. The average Bonchev–Trinajstić information content (AvgIpc) is 2.70. The molecule has 1 aromatic rings. The van der Waals surface area contributed by atoms with Crippen molar-refractivity contribution in [3.05, 3.63) is 33.8 Å². The van der Waals surface area contributed by atoms with E-state index in [-0.39, 0.29) is 0 Å². The Morgan fingerprint density at radius 3 is 2.94 bits per heavy atom. The van der Waals surface area contributed by atoms with E-state index < -0.39 is 6.17 Å². The van der Waals surface area contributed by atoms with Gasteiger partial charge in [-0.15, -0.1) is 0 Å². The molecule has 0 saturated carbocycles. The Labute approximate surface area is 105 Å². The van der Waals surface area contributed by atoms with Gasteiger partial charge >= 0.3 is 0 Å². The van der Waals surface area contributed by atoms with Crippen LogP contribution in [0.5, 0.6) is 0 Å². The van der Waals surface area contributed by atoms with Gasteiger partial charge < -0.3 is 5.32 Å². The Bertz CT molecular complexity index is 359. The summed E-state index contributed by atoms with van der Waals surface area (Å²) in [7, 11) is 0. The first kappa shape index (κ1) is 12.1. The Kier molecular flexibility index (Phi) is 3.98. The molecule has 2 unspecified atom stereocenters. The fourth-order valence-corrected chi connectivity index (χ4v) is 2.98. The number of nitrogens with one attached hydrogen (secondary N) is 1. The molecule has 2 atom stereocenters. The predicted octanol–water partition coefficient (Wildman–Crippen LogP) is 3.63. The van der Waals surface area contributed by atoms with Gasteiger partial charge in [0.05, 0.1) is 0 Å². The van der Waals surface area contributed by atoms with Crippen molar-refractivity contribution in [1.82, 2.24) is 5.32 Å². The third-order valence-electron chi connectivity index (χ3n) is 3.18. The van der Waals surface area contributed by atoms with Crippen LogP contribution in [0.1, 0.15) is 30.6 Å². The number of benzene rings is 1. The summed E-state index contributed by atoms with van der Waals surface area (Å²) < 4.78 is 14.1. The van der Waals surface area contributed by atoms with E-state index in [2.05, 4.69) is 33.4 Å². The first-order valence-corrected chi connectivity index (χ1v) is 6.59. The molecule has 1 N–H and O–H groups in total. The molecule has 88 valence electrons. The molecule has 1 aliphatic rings. The average molecular weight is 286 g/mol. The van der Waals surface area contributed by atoms with Crippen molar-refractivity contribution in [2.45, 2.75) is 25.9 Å². The van der Waals surface area contributed by atoms with Crippen molar-refractivity contribution in [2.24, 2.45) is 5.92 Å². The molecule has 1 saturated heterocycles. The van der Waals surface area contributed by atoms with Crippen LogP contribution in [0, 0.1) is 5.92 Å². The summed E-state index contributed by atoms with van der Waals surface area (Å²) in [4.78, 5) is 0. The first-order chi connectivity index (χ1) is 7.66. The Morgan fingerprint density at radius 1 is 1.56 bits per heavy atom. The summed E-state index contributed by atoms with van der Waals surface area (Å²) >= 11 is 3.44. The van der Waals surface area contributed by atoms with Crippen LogP contribution in [0.3, 0.4) is 0 Å². The zero-order valence-corrected chi connectivity index (χ0v) is 11.1. The molecule has 0 radical (unpaired) electrons. The first-order valence-electron chi connectivity index (χ1n) is 5.80. The summed E-state index contributed by atoms with van der Waals surface area (Å²) in [5.74, 6) is 0.737. The molecule has 0 bridgehead atoms. The van der Waals surface area contributed by atoms with Crippen LogP contribution in [0.25, 0.3) is 0 Å². The fourth-order valence-electron chi connectivity index (χ4n) is 2.24.